The molecule has 2 atom stereocenters. The highest BCUT2D eigenvalue weighted by atomic mass is 15.3. The average molecular weight is 260 g/mol. The lowest BCUT2D eigenvalue weighted by Gasteiger charge is -2.26. The fourth-order valence-electron chi connectivity index (χ4n) is 4.39. The molecule has 104 valence electrons. The van der Waals surface area contributed by atoms with Gasteiger partial charge < -0.3 is 9.88 Å². The van der Waals surface area contributed by atoms with Crippen LogP contribution in [0, 0.1) is 0 Å². The molecule has 1 aromatic heterocycles. The highest BCUT2D eigenvalue weighted by Crippen LogP contribution is 2.38. The van der Waals surface area contributed by atoms with Crippen molar-refractivity contribution < 1.29 is 0 Å². The number of aromatic nitrogens is 2. The van der Waals surface area contributed by atoms with Gasteiger partial charge in [0, 0.05) is 44.2 Å². The zero-order valence-electron chi connectivity index (χ0n) is 11.9. The summed E-state index contributed by atoms with van der Waals surface area (Å²) in [6, 6.07) is 1.49. The van der Waals surface area contributed by atoms with Crippen LogP contribution in [0.1, 0.15) is 49.4 Å². The molecule has 4 heteroatoms. The number of aryl methyl sites for hydroxylation is 1. The Hall–Kier alpha value is -0.870. The maximum Gasteiger partial charge on any atom is 0.109 e. The number of rotatable bonds is 2. The molecule has 19 heavy (non-hydrogen) atoms. The van der Waals surface area contributed by atoms with Crippen LogP contribution in [-0.4, -0.2) is 40.1 Å². The van der Waals surface area contributed by atoms with E-state index < -0.39 is 0 Å². The Morgan fingerprint density at radius 3 is 3.11 bits per heavy atom. The Kier molecular flexibility index (Phi) is 2.88. The number of imidazole rings is 1. The summed E-state index contributed by atoms with van der Waals surface area (Å²) in [5.74, 6) is 1.33. The molecule has 2 fully saturated rings. The highest BCUT2D eigenvalue weighted by Gasteiger charge is 2.40. The number of hydrogen-bond acceptors (Lipinski definition) is 3. The standard InChI is InChI=1S/C15H24N4/c1-2-15-17-11-10-16-7-5-12(11)19(15)14-6-9-18-8-3-4-13(14)18/h13-14,16H,2-10H2,1H3. The van der Waals surface area contributed by atoms with Crippen LogP contribution in [-0.2, 0) is 19.4 Å². The molecule has 0 spiro atoms. The largest absolute Gasteiger partial charge is 0.327 e. The second kappa shape index (κ2) is 4.60. The molecule has 0 saturated carbocycles. The maximum atomic E-state index is 4.91. The Bertz CT molecular complexity index is 479. The van der Waals surface area contributed by atoms with E-state index in [1.807, 2.05) is 0 Å². The maximum absolute atomic E-state index is 4.91. The van der Waals surface area contributed by atoms with E-state index in [2.05, 4.69) is 21.7 Å². The van der Waals surface area contributed by atoms with Crippen molar-refractivity contribution in [1.29, 1.82) is 0 Å². The van der Waals surface area contributed by atoms with Gasteiger partial charge in [-0.1, -0.05) is 6.92 Å². The summed E-state index contributed by atoms with van der Waals surface area (Å²) in [7, 11) is 0. The number of nitrogens with zero attached hydrogens (tertiary/aromatic N) is 3. The predicted molar refractivity (Wildman–Crippen MR) is 75.3 cm³/mol. The van der Waals surface area contributed by atoms with Crippen molar-refractivity contribution in [3.05, 3.63) is 17.2 Å². The average Bonchev–Trinajstić information content (AvgIpc) is 3.10. The fourth-order valence-corrected chi connectivity index (χ4v) is 4.39. The van der Waals surface area contributed by atoms with Gasteiger partial charge in [0.15, 0.2) is 0 Å². The van der Waals surface area contributed by atoms with Gasteiger partial charge in [0.05, 0.1) is 11.7 Å². The molecule has 0 aromatic carbocycles. The van der Waals surface area contributed by atoms with Gasteiger partial charge in [-0.3, -0.25) is 4.90 Å². The number of fused-ring (bicyclic) bond motifs is 2. The van der Waals surface area contributed by atoms with Crippen LogP contribution in [0.4, 0.5) is 0 Å². The van der Waals surface area contributed by atoms with Crippen molar-refractivity contribution in [2.75, 3.05) is 19.6 Å². The van der Waals surface area contributed by atoms with E-state index in [-0.39, 0.29) is 0 Å². The van der Waals surface area contributed by atoms with Crippen molar-refractivity contribution in [3.63, 3.8) is 0 Å². The first-order chi connectivity index (χ1) is 9.38. The third-order valence-corrected chi connectivity index (χ3v) is 5.22. The first kappa shape index (κ1) is 11.9. The van der Waals surface area contributed by atoms with Gasteiger partial charge in [0.2, 0.25) is 0 Å². The topological polar surface area (TPSA) is 33.1 Å². The first-order valence-electron chi connectivity index (χ1n) is 7.92. The van der Waals surface area contributed by atoms with E-state index in [4.69, 9.17) is 4.98 Å². The molecule has 0 bridgehead atoms. The van der Waals surface area contributed by atoms with E-state index in [1.165, 1.54) is 49.6 Å². The van der Waals surface area contributed by atoms with Gasteiger partial charge in [-0.2, -0.15) is 0 Å². The quantitative estimate of drug-likeness (QED) is 0.875. The minimum Gasteiger partial charge on any atom is -0.327 e. The van der Waals surface area contributed by atoms with E-state index in [1.54, 1.807) is 0 Å². The van der Waals surface area contributed by atoms with Gasteiger partial charge in [-0.05, 0) is 25.8 Å². The van der Waals surface area contributed by atoms with E-state index in [9.17, 15) is 0 Å². The van der Waals surface area contributed by atoms with Crippen molar-refractivity contribution in [2.24, 2.45) is 0 Å². The summed E-state index contributed by atoms with van der Waals surface area (Å²) in [6.07, 6.45) is 6.33. The van der Waals surface area contributed by atoms with Crippen LogP contribution in [0.25, 0.3) is 0 Å². The van der Waals surface area contributed by atoms with Gasteiger partial charge >= 0.3 is 0 Å². The van der Waals surface area contributed by atoms with Gasteiger partial charge in [0.1, 0.15) is 5.82 Å². The third kappa shape index (κ3) is 1.77. The summed E-state index contributed by atoms with van der Waals surface area (Å²) in [5, 5.41) is 3.46. The Morgan fingerprint density at radius 2 is 2.21 bits per heavy atom. The van der Waals surface area contributed by atoms with Gasteiger partial charge in [-0.25, -0.2) is 4.98 Å². The highest BCUT2D eigenvalue weighted by molar-refractivity contribution is 5.22. The third-order valence-electron chi connectivity index (χ3n) is 5.22. The molecule has 3 aliphatic rings. The summed E-state index contributed by atoms with van der Waals surface area (Å²) in [5.41, 5.74) is 2.86. The molecule has 1 aromatic rings. The van der Waals surface area contributed by atoms with Crippen molar-refractivity contribution >= 4 is 0 Å². The lowest BCUT2D eigenvalue weighted by atomic mass is 10.0. The smallest absolute Gasteiger partial charge is 0.109 e. The fraction of sp³-hybridized carbons (Fsp3) is 0.800. The minimum absolute atomic E-state index is 0.701. The Balaban J connectivity index is 1.75. The predicted octanol–water partition coefficient (Wildman–Crippen LogP) is 1.50. The molecule has 4 rings (SSSR count). The minimum atomic E-state index is 0.701. The number of nitrogens with one attached hydrogen (secondary N) is 1. The van der Waals surface area contributed by atoms with Gasteiger partial charge in [0.25, 0.3) is 0 Å². The zero-order chi connectivity index (χ0) is 12.8. The Labute approximate surface area is 115 Å². The summed E-state index contributed by atoms with van der Waals surface area (Å²) in [4.78, 5) is 7.62. The van der Waals surface area contributed by atoms with Crippen LogP contribution in [0.3, 0.4) is 0 Å². The Morgan fingerprint density at radius 1 is 1.26 bits per heavy atom. The van der Waals surface area contributed by atoms with E-state index >= 15 is 0 Å². The van der Waals surface area contributed by atoms with Crippen LogP contribution in [0.15, 0.2) is 0 Å². The summed E-state index contributed by atoms with van der Waals surface area (Å²) >= 11 is 0. The SMILES string of the molecule is CCc1nc2c(n1C1CCN3CCCC13)CCNC2. The second-order valence-electron chi connectivity index (χ2n) is 6.17. The summed E-state index contributed by atoms with van der Waals surface area (Å²) < 4.78 is 2.64. The van der Waals surface area contributed by atoms with Crippen molar-refractivity contribution in [1.82, 2.24) is 19.8 Å². The monoisotopic (exact) mass is 260 g/mol. The molecule has 0 amide bonds. The normalized spacial score (nSPS) is 30.6. The summed E-state index contributed by atoms with van der Waals surface area (Å²) in [6.45, 7) is 6.95. The molecular weight excluding hydrogens is 236 g/mol. The molecule has 1 N–H and O–H groups in total. The molecule has 3 aliphatic heterocycles. The lowest BCUT2D eigenvalue weighted by molar-refractivity contribution is 0.285. The second-order valence-corrected chi connectivity index (χ2v) is 6.17. The van der Waals surface area contributed by atoms with Crippen molar-refractivity contribution in [2.45, 2.75) is 57.7 Å². The molecule has 0 aliphatic carbocycles. The molecule has 0 radical (unpaired) electrons. The van der Waals surface area contributed by atoms with Crippen LogP contribution in [0.2, 0.25) is 0 Å². The van der Waals surface area contributed by atoms with Crippen LogP contribution >= 0.6 is 0 Å². The van der Waals surface area contributed by atoms with E-state index in [0.717, 1.165) is 32.0 Å². The van der Waals surface area contributed by atoms with E-state index in [0.29, 0.717) is 6.04 Å². The van der Waals surface area contributed by atoms with Crippen LogP contribution < -0.4 is 5.32 Å². The molecule has 2 saturated heterocycles. The first-order valence-corrected chi connectivity index (χ1v) is 7.92. The molecule has 4 nitrogen and oxygen atoms in total. The molecule has 2 unspecified atom stereocenters. The zero-order valence-corrected chi connectivity index (χ0v) is 11.9. The molecule has 4 heterocycles. The lowest BCUT2D eigenvalue weighted by Crippen LogP contribution is -2.31. The molecular formula is C15H24N4. The van der Waals surface area contributed by atoms with Crippen molar-refractivity contribution in [3.8, 4) is 0 Å². The van der Waals surface area contributed by atoms with Gasteiger partial charge in [-0.15, -0.1) is 0 Å². The van der Waals surface area contributed by atoms with Crippen LogP contribution in [0.5, 0.6) is 0 Å². The number of hydrogen-bond donors (Lipinski definition) is 1.